The van der Waals surface area contributed by atoms with Crippen LogP contribution in [0.4, 0.5) is 14.6 Å². The van der Waals surface area contributed by atoms with Gasteiger partial charge in [-0.15, -0.1) is 0 Å². The molecular formula is C23H20F2N4S. The van der Waals surface area contributed by atoms with Crippen LogP contribution in [0.1, 0.15) is 19.3 Å². The maximum absolute atomic E-state index is 14.1. The van der Waals surface area contributed by atoms with E-state index in [4.69, 9.17) is 0 Å². The molecule has 7 heteroatoms. The fourth-order valence-electron chi connectivity index (χ4n) is 3.45. The third kappa shape index (κ3) is 4.16. The fraction of sp³-hybridized carbons (Fsp3) is 0.217. The highest BCUT2D eigenvalue weighted by Gasteiger charge is 2.26. The topological polar surface area (TPSA) is 49.8 Å². The Kier molecular flexibility index (Phi) is 5.12. The Hall–Kier alpha value is -2.93. The number of allylic oxidation sites excluding steroid dienone is 2. The van der Waals surface area contributed by atoms with Crippen molar-refractivity contribution in [2.24, 2.45) is 5.92 Å². The molecule has 0 unspecified atom stereocenters. The van der Waals surface area contributed by atoms with Gasteiger partial charge in [-0.3, -0.25) is 0 Å². The van der Waals surface area contributed by atoms with Crippen molar-refractivity contribution < 1.29 is 8.78 Å². The summed E-state index contributed by atoms with van der Waals surface area (Å²) >= 11 is 1.08. The predicted octanol–water partition coefficient (Wildman–Crippen LogP) is 5.64. The lowest BCUT2D eigenvalue weighted by atomic mass is 10.2. The molecule has 5 rings (SSSR count). The zero-order valence-corrected chi connectivity index (χ0v) is 17.0. The molecule has 2 aromatic carbocycles. The number of aromatic nitrogens is 2. The number of anilines is 1. The van der Waals surface area contributed by atoms with E-state index in [1.165, 1.54) is 30.7 Å². The minimum Gasteiger partial charge on any atom is -0.388 e. The van der Waals surface area contributed by atoms with Crippen molar-refractivity contribution in [1.29, 1.82) is 0 Å². The van der Waals surface area contributed by atoms with Crippen LogP contribution in [0.2, 0.25) is 0 Å². The van der Waals surface area contributed by atoms with Gasteiger partial charge in [0, 0.05) is 29.4 Å². The lowest BCUT2D eigenvalue weighted by Crippen LogP contribution is -2.14. The molecule has 152 valence electrons. The second kappa shape index (κ2) is 8.07. The molecule has 0 atom stereocenters. The Morgan fingerprint density at radius 1 is 1.07 bits per heavy atom. The first-order valence-electron chi connectivity index (χ1n) is 9.98. The highest BCUT2D eigenvalue weighted by Crippen LogP contribution is 2.36. The van der Waals surface area contributed by atoms with E-state index in [2.05, 4.69) is 32.8 Å². The Morgan fingerprint density at radius 2 is 1.93 bits per heavy atom. The summed E-state index contributed by atoms with van der Waals surface area (Å²) in [7, 11) is 0. The lowest BCUT2D eigenvalue weighted by Gasteiger charge is -2.12. The van der Waals surface area contributed by atoms with Gasteiger partial charge in [0.25, 0.3) is 0 Å². The van der Waals surface area contributed by atoms with Crippen molar-refractivity contribution in [3.05, 3.63) is 77.6 Å². The molecule has 2 aliphatic rings. The first-order chi connectivity index (χ1) is 14.7. The summed E-state index contributed by atoms with van der Waals surface area (Å²) in [5.74, 6) is 0.0693. The molecule has 1 saturated carbocycles. The van der Waals surface area contributed by atoms with Gasteiger partial charge < -0.3 is 10.6 Å². The van der Waals surface area contributed by atoms with Gasteiger partial charge in [-0.25, -0.2) is 18.7 Å². The van der Waals surface area contributed by atoms with Gasteiger partial charge in [-0.2, -0.15) is 0 Å². The number of hydrogen-bond acceptors (Lipinski definition) is 5. The normalized spacial score (nSPS) is 16.5. The lowest BCUT2D eigenvalue weighted by molar-refractivity contribution is 0.565. The highest BCUT2D eigenvalue weighted by molar-refractivity contribution is 7.99. The van der Waals surface area contributed by atoms with Crippen LogP contribution in [0.5, 0.6) is 0 Å². The first-order valence-corrected chi connectivity index (χ1v) is 10.8. The number of fused-ring (bicyclic) bond motifs is 1. The molecule has 0 saturated heterocycles. The molecule has 1 aromatic heterocycles. The summed E-state index contributed by atoms with van der Waals surface area (Å²) in [5, 5.41) is 8.26. The van der Waals surface area contributed by atoms with Crippen LogP contribution >= 0.6 is 11.8 Å². The second-order valence-corrected chi connectivity index (χ2v) is 8.43. The molecule has 1 fully saturated rings. The van der Waals surface area contributed by atoms with Crippen molar-refractivity contribution in [3.8, 4) is 0 Å². The Bertz CT molecular complexity index is 1170. The van der Waals surface area contributed by atoms with Crippen molar-refractivity contribution in [2.45, 2.75) is 29.3 Å². The van der Waals surface area contributed by atoms with E-state index in [0.29, 0.717) is 16.9 Å². The second-order valence-electron chi connectivity index (χ2n) is 7.42. The first kappa shape index (κ1) is 19.1. The van der Waals surface area contributed by atoms with Crippen molar-refractivity contribution in [2.75, 3.05) is 11.9 Å². The maximum Gasteiger partial charge on any atom is 0.195 e. The molecule has 2 heterocycles. The molecule has 0 amide bonds. The molecule has 3 aromatic rings. The van der Waals surface area contributed by atoms with Gasteiger partial charge in [-0.05, 0) is 67.3 Å². The minimum absolute atomic E-state index is 0.284. The van der Waals surface area contributed by atoms with Gasteiger partial charge in [0.2, 0.25) is 0 Å². The van der Waals surface area contributed by atoms with Gasteiger partial charge >= 0.3 is 0 Å². The molecule has 0 radical (unpaired) electrons. The van der Waals surface area contributed by atoms with Gasteiger partial charge in [0.15, 0.2) is 5.16 Å². The average Bonchev–Trinajstić information content (AvgIpc) is 3.58. The number of rotatable bonds is 5. The van der Waals surface area contributed by atoms with Crippen LogP contribution in [0.3, 0.4) is 0 Å². The van der Waals surface area contributed by atoms with Crippen molar-refractivity contribution in [3.63, 3.8) is 0 Å². The van der Waals surface area contributed by atoms with E-state index in [-0.39, 0.29) is 4.90 Å². The van der Waals surface area contributed by atoms with Crippen LogP contribution in [0.15, 0.2) is 76.1 Å². The molecule has 2 N–H and O–H groups in total. The molecule has 30 heavy (non-hydrogen) atoms. The van der Waals surface area contributed by atoms with E-state index >= 15 is 0 Å². The van der Waals surface area contributed by atoms with Crippen molar-refractivity contribution >= 4 is 28.5 Å². The molecule has 1 aliphatic carbocycles. The van der Waals surface area contributed by atoms with E-state index in [1.807, 2.05) is 24.3 Å². The molecule has 4 nitrogen and oxygen atoms in total. The molecular weight excluding hydrogens is 402 g/mol. The third-order valence-corrected chi connectivity index (χ3v) is 6.02. The molecule has 0 bridgehead atoms. The van der Waals surface area contributed by atoms with Crippen LogP contribution in [-0.2, 0) is 0 Å². The summed E-state index contributed by atoms with van der Waals surface area (Å²) in [5.41, 5.74) is 3.03. The number of para-hydroxylation sites is 1. The van der Waals surface area contributed by atoms with Crippen LogP contribution in [0.25, 0.3) is 10.9 Å². The number of benzene rings is 2. The minimum atomic E-state index is -0.624. The quantitative estimate of drug-likeness (QED) is 0.521. The van der Waals surface area contributed by atoms with E-state index in [1.54, 1.807) is 0 Å². The summed E-state index contributed by atoms with van der Waals surface area (Å²) in [6, 6.07) is 11.2. The standard InChI is InChI=1S/C23H20F2N4S/c24-15-9-10-21(18(25)12-15)30-23-28-19-6-2-1-5-17(19)22(29-23)27-16-4-3-11-26-20(13-16)14-7-8-14/h1-2,4-6,9-10,12-14,26H,3,7-8,11H2,(H,27,28,29). The van der Waals surface area contributed by atoms with E-state index < -0.39 is 11.6 Å². The largest absolute Gasteiger partial charge is 0.388 e. The summed E-state index contributed by atoms with van der Waals surface area (Å²) in [6.07, 6.45) is 7.69. The average molecular weight is 423 g/mol. The summed E-state index contributed by atoms with van der Waals surface area (Å²) in [4.78, 5) is 9.51. The molecule has 0 spiro atoms. The smallest absolute Gasteiger partial charge is 0.195 e. The Morgan fingerprint density at radius 3 is 2.77 bits per heavy atom. The summed E-state index contributed by atoms with van der Waals surface area (Å²) < 4.78 is 27.4. The van der Waals surface area contributed by atoms with Crippen LogP contribution in [0, 0.1) is 17.6 Å². The van der Waals surface area contributed by atoms with Gasteiger partial charge in [0.1, 0.15) is 17.5 Å². The number of halogens is 2. The zero-order chi connectivity index (χ0) is 20.5. The molecule has 1 aliphatic heterocycles. The van der Waals surface area contributed by atoms with E-state index in [0.717, 1.165) is 47.4 Å². The SMILES string of the molecule is Fc1ccc(Sc2nc(NC3=CCCNC(C4CC4)=C3)c3ccccc3n2)c(F)c1. The van der Waals surface area contributed by atoms with Crippen LogP contribution < -0.4 is 10.6 Å². The van der Waals surface area contributed by atoms with Crippen molar-refractivity contribution in [1.82, 2.24) is 15.3 Å². The number of hydrogen-bond donors (Lipinski definition) is 2. The Labute approximate surface area is 177 Å². The van der Waals surface area contributed by atoms with E-state index in [9.17, 15) is 8.78 Å². The predicted molar refractivity (Wildman–Crippen MR) is 115 cm³/mol. The third-order valence-electron chi connectivity index (χ3n) is 5.11. The Balaban J connectivity index is 1.50. The summed E-state index contributed by atoms with van der Waals surface area (Å²) in [6.45, 7) is 0.920. The monoisotopic (exact) mass is 422 g/mol. The highest BCUT2D eigenvalue weighted by atomic mass is 32.2. The van der Waals surface area contributed by atoms with Crippen LogP contribution in [-0.4, -0.2) is 16.5 Å². The number of nitrogens with zero attached hydrogens (tertiary/aromatic N) is 2. The van der Waals surface area contributed by atoms with Gasteiger partial charge in [0.05, 0.1) is 10.4 Å². The zero-order valence-electron chi connectivity index (χ0n) is 16.2. The fourth-order valence-corrected chi connectivity index (χ4v) is 4.22. The number of nitrogens with one attached hydrogen (secondary N) is 2. The maximum atomic E-state index is 14.1. The van der Waals surface area contributed by atoms with Gasteiger partial charge in [-0.1, -0.05) is 18.2 Å².